The molecule has 2 aliphatic heterocycles. The van der Waals surface area contributed by atoms with E-state index in [0.29, 0.717) is 19.6 Å². The van der Waals surface area contributed by atoms with Crippen LogP contribution in [0.3, 0.4) is 0 Å². The molecule has 0 spiro atoms. The van der Waals surface area contributed by atoms with Gasteiger partial charge in [0, 0.05) is 32.2 Å². The number of carbonyl (C=O) groups is 2. The molecule has 1 unspecified atom stereocenters. The minimum Gasteiger partial charge on any atom is -0.340 e. The average Bonchev–Trinajstić information content (AvgIpc) is 3.19. The van der Waals surface area contributed by atoms with Crippen LogP contribution < -0.4 is 5.32 Å². The Morgan fingerprint density at radius 2 is 2.00 bits per heavy atom. The third kappa shape index (κ3) is 3.47. The molecular weight excluding hydrogens is 345 g/mol. The molecule has 1 saturated carbocycles. The molecule has 2 amide bonds. The standard InChI is InChI=1S/C21H28FN3O2/c22-17-6-3-5-16(13-17)21(8-1-2-9-21)20(27)24-11-4-7-18(15-24)25-12-10-23-14-19(25)26/h3,5-6,13,18,23H,1-2,4,7-12,14-15H2. The van der Waals surface area contributed by atoms with Crippen LogP contribution in [0.25, 0.3) is 0 Å². The van der Waals surface area contributed by atoms with Gasteiger partial charge in [0.25, 0.3) is 0 Å². The van der Waals surface area contributed by atoms with E-state index in [4.69, 9.17) is 0 Å². The predicted molar refractivity (Wildman–Crippen MR) is 101 cm³/mol. The lowest BCUT2D eigenvalue weighted by Gasteiger charge is -2.43. The van der Waals surface area contributed by atoms with Crippen molar-refractivity contribution >= 4 is 11.8 Å². The van der Waals surface area contributed by atoms with Crippen LogP contribution in [0.5, 0.6) is 0 Å². The Kier molecular flexibility index (Phi) is 5.17. The molecule has 0 radical (unpaired) electrons. The normalized spacial score (nSPS) is 25.7. The maximum Gasteiger partial charge on any atom is 0.236 e. The number of piperidine rings is 1. The van der Waals surface area contributed by atoms with Gasteiger partial charge < -0.3 is 15.1 Å². The van der Waals surface area contributed by atoms with Crippen LogP contribution in [-0.2, 0) is 15.0 Å². The second kappa shape index (κ2) is 7.58. The van der Waals surface area contributed by atoms with Crippen LogP contribution in [-0.4, -0.2) is 60.4 Å². The summed E-state index contributed by atoms with van der Waals surface area (Å²) in [6.07, 6.45) is 5.41. The van der Waals surface area contributed by atoms with Gasteiger partial charge in [0.05, 0.1) is 12.0 Å². The summed E-state index contributed by atoms with van der Waals surface area (Å²) >= 11 is 0. The number of nitrogens with zero attached hydrogens (tertiary/aromatic N) is 2. The van der Waals surface area contributed by atoms with Crippen molar-refractivity contribution in [3.05, 3.63) is 35.6 Å². The lowest BCUT2D eigenvalue weighted by molar-refractivity contribution is -0.143. The van der Waals surface area contributed by atoms with Gasteiger partial charge in [-0.05, 0) is 43.4 Å². The number of likely N-dealkylation sites (tertiary alicyclic amines) is 1. The highest BCUT2D eigenvalue weighted by molar-refractivity contribution is 5.89. The van der Waals surface area contributed by atoms with Crippen molar-refractivity contribution < 1.29 is 14.0 Å². The Balaban J connectivity index is 1.55. The average molecular weight is 373 g/mol. The van der Waals surface area contributed by atoms with Gasteiger partial charge in [0.1, 0.15) is 5.82 Å². The molecule has 2 saturated heterocycles. The molecule has 1 aromatic carbocycles. The molecule has 1 aromatic rings. The van der Waals surface area contributed by atoms with E-state index < -0.39 is 5.41 Å². The molecule has 2 heterocycles. The molecule has 4 rings (SSSR count). The zero-order valence-electron chi connectivity index (χ0n) is 15.8. The Morgan fingerprint density at radius 1 is 1.19 bits per heavy atom. The van der Waals surface area contributed by atoms with E-state index >= 15 is 0 Å². The van der Waals surface area contributed by atoms with Crippen molar-refractivity contribution in [1.82, 2.24) is 15.1 Å². The fraction of sp³-hybridized carbons (Fsp3) is 0.619. The van der Waals surface area contributed by atoms with Gasteiger partial charge in [-0.3, -0.25) is 9.59 Å². The quantitative estimate of drug-likeness (QED) is 0.882. The summed E-state index contributed by atoms with van der Waals surface area (Å²) in [4.78, 5) is 29.8. The zero-order valence-corrected chi connectivity index (χ0v) is 15.8. The minimum absolute atomic E-state index is 0.100. The third-order valence-corrected chi connectivity index (χ3v) is 6.49. The monoisotopic (exact) mass is 373 g/mol. The first-order chi connectivity index (χ1) is 13.1. The molecule has 3 aliphatic rings. The summed E-state index contributed by atoms with van der Waals surface area (Å²) in [6.45, 7) is 3.23. The third-order valence-electron chi connectivity index (χ3n) is 6.49. The van der Waals surface area contributed by atoms with Crippen LogP contribution in [0.4, 0.5) is 4.39 Å². The number of nitrogens with one attached hydrogen (secondary N) is 1. The number of piperazine rings is 1. The van der Waals surface area contributed by atoms with Gasteiger partial charge in [-0.25, -0.2) is 4.39 Å². The Morgan fingerprint density at radius 3 is 2.74 bits per heavy atom. The molecule has 146 valence electrons. The fourth-order valence-electron chi connectivity index (χ4n) is 5.09. The maximum absolute atomic E-state index is 13.9. The van der Waals surface area contributed by atoms with Gasteiger partial charge in [0.15, 0.2) is 0 Å². The number of amides is 2. The molecule has 3 fully saturated rings. The van der Waals surface area contributed by atoms with Crippen molar-refractivity contribution in [1.29, 1.82) is 0 Å². The fourth-order valence-corrected chi connectivity index (χ4v) is 5.09. The lowest BCUT2D eigenvalue weighted by Crippen LogP contribution is -2.59. The van der Waals surface area contributed by atoms with Gasteiger partial charge >= 0.3 is 0 Å². The Bertz CT molecular complexity index is 717. The van der Waals surface area contributed by atoms with Crippen molar-refractivity contribution in [2.45, 2.75) is 50.0 Å². The second-order valence-corrected chi connectivity index (χ2v) is 8.11. The topological polar surface area (TPSA) is 52.7 Å². The van der Waals surface area contributed by atoms with Gasteiger partial charge in [-0.1, -0.05) is 25.0 Å². The summed E-state index contributed by atoms with van der Waals surface area (Å²) in [7, 11) is 0. The maximum atomic E-state index is 13.9. The highest BCUT2D eigenvalue weighted by atomic mass is 19.1. The summed E-state index contributed by atoms with van der Waals surface area (Å²) in [5.74, 6) is -0.0337. The number of rotatable bonds is 3. The van der Waals surface area contributed by atoms with Gasteiger partial charge in [0.2, 0.25) is 11.8 Å². The Hall–Kier alpha value is -1.95. The number of hydrogen-bond acceptors (Lipinski definition) is 3. The van der Waals surface area contributed by atoms with Gasteiger partial charge in [-0.2, -0.15) is 0 Å². The van der Waals surface area contributed by atoms with E-state index in [1.165, 1.54) is 12.1 Å². The lowest BCUT2D eigenvalue weighted by atomic mass is 9.77. The van der Waals surface area contributed by atoms with E-state index in [2.05, 4.69) is 5.32 Å². The molecule has 0 aromatic heterocycles. The molecule has 1 atom stereocenters. The van der Waals surface area contributed by atoms with Crippen LogP contribution in [0.2, 0.25) is 0 Å². The first-order valence-electron chi connectivity index (χ1n) is 10.2. The van der Waals surface area contributed by atoms with Gasteiger partial charge in [-0.15, -0.1) is 0 Å². The number of benzene rings is 1. The summed E-state index contributed by atoms with van der Waals surface area (Å²) in [5, 5.41) is 3.11. The van der Waals surface area contributed by atoms with E-state index in [0.717, 1.165) is 57.2 Å². The zero-order chi connectivity index (χ0) is 18.9. The van der Waals surface area contributed by atoms with Crippen molar-refractivity contribution in [2.75, 3.05) is 32.7 Å². The predicted octanol–water partition coefficient (Wildman–Crippen LogP) is 2.06. The first kappa shape index (κ1) is 18.4. The largest absolute Gasteiger partial charge is 0.340 e. The van der Waals surface area contributed by atoms with E-state index in [9.17, 15) is 14.0 Å². The number of carbonyl (C=O) groups excluding carboxylic acids is 2. The van der Waals surface area contributed by atoms with E-state index in [1.54, 1.807) is 6.07 Å². The van der Waals surface area contributed by atoms with Crippen molar-refractivity contribution in [3.8, 4) is 0 Å². The number of hydrogen-bond donors (Lipinski definition) is 1. The minimum atomic E-state index is -0.600. The van der Waals surface area contributed by atoms with Crippen LogP contribution in [0, 0.1) is 5.82 Å². The molecule has 1 aliphatic carbocycles. The van der Waals surface area contributed by atoms with Crippen LogP contribution in [0.15, 0.2) is 24.3 Å². The summed E-state index contributed by atoms with van der Waals surface area (Å²) in [6, 6.07) is 6.67. The molecule has 6 heteroatoms. The SMILES string of the molecule is O=C1CNCCN1C1CCCN(C(=O)C2(c3cccc(F)c3)CCCC2)C1. The number of halogens is 1. The highest BCUT2D eigenvalue weighted by Gasteiger charge is 2.46. The summed E-state index contributed by atoms with van der Waals surface area (Å²) in [5.41, 5.74) is 0.211. The summed E-state index contributed by atoms with van der Waals surface area (Å²) < 4.78 is 13.9. The second-order valence-electron chi connectivity index (χ2n) is 8.11. The van der Waals surface area contributed by atoms with E-state index in [1.807, 2.05) is 15.9 Å². The highest BCUT2D eigenvalue weighted by Crippen LogP contribution is 2.43. The smallest absolute Gasteiger partial charge is 0.236 e. The molecule has 5 nitrogen and oxygen atoms in total. The van der Waals surface area contributed by atoms with E-state index in [-0.39, 0.29) is 23.7 Å². The van der Waals surface area contributed by atoms with Crippen molar-refractivity contribution in [3.63, 3.8) is 0 Å². The van der Waals surface area contributed by atoms with Crippen LogP contribution >= 0.6 is 0 Å². The molecular formula is C21H28FN3O2. The van der Waals surface area contributed by atoms with Crippen molar-refractivity contribution in [2.24, 2.45) is 0 Å². The van der Waals surface area contributed by atoms with Crippen LogP contribution in [0.1, 0.15) is 44.1 Å². The Labute approximate surface area is 159 Å². The molecule has 0 bridgehead atoms. The molecule has 1 N–H and O–H groups in total. The first-order valence-corrected chi connectivity index (χ1v) is 10.2. The molecule has 27 heavy (non-hydrogen) atoms.